The van der Waals surface area contributed by atoms with Crippen LogP contribution in [0.1, 0.15) is 18.4 Å². The van der Waals surface area contributed by atoms with E-state index in [-0.39, 0.29) is 23.6 Å². The molecule has 0 saturated carbocycles. The van der Waals surface area contributed by atoms with Crippen LogP contribution in [0.4, 0.5) is 0 Å². The van der Waals surface area contributed by atoms with Crippen molar-refractivity contribution in [2.75, 3.05) is 0 Å². The summed E-state index contributed by atoms with van der Waals surface area (Å²) in [4.78, 5) is 35.0. The third kappa shape index (κ3) is 2.41. The molecule has 2 aliphatic rings. The van der Waals surface area contributed by atoms with Crippen LogP contribution in [-0.2, 0) is 25.7 Å². The van der Waals surface area contributed by atoms with E-state index in [1.165, 1.54) is 29.0 Å². The molecule has 22 heavy (non-hydrogen) atoms. The Bertz CT molecular complexity index is 731. The van der Waals surface area contributed by atoms with Gasteiger partial charge in [0.05, 0.1) is 5.57 Å². The molecule has 1 fully saturated rings. The third-order valence-electron chi connectivity index (χ3n) is 3.15. The van der Waals surface area contributed by atoms with Gasteiger partial charge in [-0.3, -0.25) is 14.5 Å². The van der Waals surface area contributed by atoms with E-state index in [0.29, 0.717) is 17.1 Å². The largest absolute Gasteiger partial charge is 0.477 e. The number of carboxylic acid groups (broad SMARTS) is 1. The summed E-state index contributed by atoms with van der Waals surface area (Å²) in [6, 6.07) is 3.31. The Morgan fingerprint density at radius 3 is 2.95 bits per heavy atom. The molecule has 0 aromatic carbocycles. The first-order valence-corrected chi connectivity index (χ1v) is 7.28. The Hall–Kier alpha value is -2.48. The average molecular weight is 321 g/mol. The van der Waals surface area contributed by atoms with Gasteiger partial charge in [0.1, 0.15) is 29.2 Å². The third-order valence-corrected chi connectivity index (χ3v) is 4.23. The van der Waals surface area contributed by atoms with Crippen LogP contribution in [0.3, 0.4) is 0 Å². The summed E-state index contributed by atoms with van der Waals surface area (Å²) in [5, 5.41) is 10.1. The van der Waals surface area contributed by atoms with Crippen molar-refractivity contribution in [3.8, 4) is 0 Å². The highest BCUT2D eigenvalue weighted by atomic mass is 32.2. The minimum absolute atomic E-state index is 0.00728. The summed E-state index contributed by atoms with van der Waals surface area (Å²) in [6.07, 6.45) is 1.58. The molecule has 1 aromatic heterocycles. The van der Waals surface area contributed by atoms with Crippen LogP contribution in [0.2, 0.25) is 0 Å². The van der Waals surface area contributed by atoms with Crippen LogP contribution in [-0.4, -0.2) is 33.2 Å². The summed E-state index contributed by atoms with van der Waals surface area (Å²) >= 11 is 1.26. The van der Waals surface area contributed by atoms with E-state index >= 15 is 0 Å². The number of thioether (sulfide) groups is 1. The van der Waals surface area contributed by atoms with Crippen molar-refractivity contribution >= 4 is 35.7 Å². The highest BCUT2D eigenvalue weighted by Gasteiger charge is 2.49. The molecule has 1 amide bonds. The van der Waals surface area contributed by atoms with E-state index in [4.69, 9.17) is 14.3 Å². The Labute approximate surface area is 129 Å². The summed E-state index contributed by atoms with van der Waals surface area (Å²) in [7, 11) is 0. The molecule has 3 heterocycles. The van der Waals surface area contributed by atoms with E-state index < -0.39 is 11.9 Å². The van der Waals surface area contributed by atoms with E-state index in [1.54, 1.807) is 18.2 Å². The minimum atomic E-state index is -1.12. The number of nitrogens with zero attached hydrogens (tertiary/aromatic N) is 1. The molecule has 8 heteroatoms. The molecule has 1 saturated heterocycles. The highest BCUT2D eigenvalue weighted by Crippen LogP contribution is 2.45. The summed E-state index contributed by atoms with van der Waals surface area (Å²) in [5.41, 5.74) is 0.470. The fraction of sp³-hybridized carbons (Fsp3) is 0.214. The lowest BCUT2D eigenvalue weighted by Crippen LogP contribution is -2.51. The number of carbonyl (C=O) groups excluding carboxylic acids is 2. The lowest BCUT2D eigenvalue weighted by molar-refractivity contribution is -0.142. The predicted molar refractivity (Wildman–Crippen MR) is 76.1 cm³/mol. The number of hydrogen-bond donors (Lipinski definition) is 1. The maximum absolute atomic E-state index is 12.0. The second-order valence-corrected chi connectivity index (χ2v) is 5.61. The first kappa shape index (κ1) is 14.5. The normalized spacial score (nSPS) is 21.4. The molecule has 1 aromatic rings. The van der Waals surface area contributed by atoms with Gasteiger partial charge in [0.25, 0.3) is 5.91 Å². The molecule has 7 nitrogen and oxygen atoms in total. The van der Waals surface area contributed by atoms with Crippen molar-refractivity contribution in [3.05, 3.63) is 40.3 Å². The van der Waals surface area contributed by atoms with Gasteiger partial charge in [-0.05, 0) is 18.2 Å². The standard InChI is InChI=1S/C14H11NO6S/c1-7(16)20-5-9-3-2-8(21-9)4-10-12(17)15-11(14(18)19)6-22-13(10)15/h2-4,6,13H,5H2,1H3,(H,18,19)/b10-4-/t13-/m1/s1. The Balaban J connectivity index is 1.71. The zero-order valence-electron chi connectivity index (χ0n) is 11.4. The first-order chi connectivity index (χ1) is 10.5. The molecule has 0 unspecified atom stereocenters. The van der Waals surface area contributed by atoms with Gasteiger partial charge in [-0.2, -0.15) is 0 Å². The predicted octanol–water partition coefficient (Wildman–Crippen LogP) is 1.57. The summed E-state index contributed by atoms with van der Waals surface area (Å²) in [6.45, 7) is 1.33. The SMILES string of the molecule is CC(=O)OCc1ccc(/C=C2/C(=O)N3C(C(=O)O)=CS[C@H]23)o1. The number of esters is 1. The van der Waals surface area contributed by atoms with E-state index in [2.05, 4.69) is 0 Å². The molecule has 1 atom stereocenters. The van der Waals surface area contributed by atoms with Crippen molar-refractivity contribution in [2.45, 2.75) is 18.9 Å². The smallest absolute Gasteiger partial charge is 0.353 e. The number of aliphatic carboxylic acids is 1. The maximum atomic E-state index is 12.0. The van der Waals surface area contributed by atoms with Crippen molar-refractivity contribution < 1.29 is 28.6 Å². The van der Waals surface area contributed by atoms with Gasteiger partial charge in [0, 0.05) is 12.3 Å². The molecular formula is C14H11NO6S. The van der Waals surface area contributed by atoms with Gasteiger partial charge in [-0.25, -0.2) is 4.79 Å². The molecule has 114 valence electrons. The van der Waals surface area contributed by atoms with Crippen molar-refractivity contribution in [1.29, 1.82) is 0 Å². The molecule has 0 aliphatic carbocycles. The number of furan rings is 1. The molecule has 2 aliphatic heterocycles. The average Bonchev–Trinajstić information content (AvgIpc) is 3.07. The molecule has 0 bridgehead atoms. The number of β-lactam (4-membered cyclic amide) rings is 1. The monoisotopic (exact) mass is 321 g/mol. The number of carbonyl (C=O) groups is 3. The van der Waals surface area contributed by atoms with E-state index in [0.717, 1.165) is 0 Å². The second-order valence-electron chi connectivity index (χ2n) is 4.66. The van der Waals surface area contributed by atoms with Gasteiger partial charge in [0.2, 0.25) is 0 Å². The van der Waals surface area contributed by atoms with Gasteiger partial charge < -0.3 is 14.3 Å². The first-order valence-electron chi connectivity index (χ1n) is 6.33. The molecule has 1 N–H and O–H groups in total. The maximum Gasteiger partial charge on any atom is 0.353 e. The van der Waals surface area contributed by atoms with E-state index in [1.807, 2.05) is 0 Å². The van der Waals surface area contributed by atoms with Crippen LogP contribution in [0.15, 0.2) is 33.2 Å². The molecule has 0 spiro atoms. The quantitative estimate of drug-likeness (QED) is 0.510. The zero-order valence-corrected chi connectivity index (χ0v) is 12.3. The number of carboxylic acids is 1. The molecular weight excluding hydrogens is 310 g/mol. The number of amides is 1. The fourth-order valence-electron chi connectivity index (χ4n) is 2.14. The minimum Gasteiger partial charge on any atom is -0.477 e. The second kappa shape index (κ2) is 5.38. The van der Waals surface area contributed by atoms with Gasteiger partial charge in [0.15, 0.2) is 0 Å². The van der Waals surface area contributed by atoms with Crippen LogP contribution < -0.4 is 0 Å². The Morgan fingerprint density at radius 1 is 1.50 bits per heavy atom. The summed E-state index contributed by atoms with van der Waals surface area (Å²) < 4.78 is 10.3. The van der Waals surface area contributed by atoms with Crippen LogP contribution in [0.25, 0.3) is 6.08 Å². The highest BCUT2D eigenvalue weighted by molar-refractivity contribution is 8.03. The van der Waals surface area contributed by atoms with Crippen molar-refractivity contribution in [3.63, 3.8) is 0 Å². The fourth-order valence-corrected chi connectivity index (χ4v) is 3.26. The number of fused-ring (bicyclic) bond motifs is 1. The number of hydrogen-bond acceptors (Lipinski definition) is 6. The molecule has 0 radical (unpaired) electrons. The van der Waals surface area contributed by atoms with Crippen LogP contribution in [0.5, 0.6) is 0 Å². The molecule has 3 rings (SSSR count). The number of rotatable bonds is 4. The number of ether oxygens (including phenoxy) is 1. The Kier molecular flexibility index (Phi) is 3.53. The lowest BCUT2D eigenvalue weighted by atomic mass is 10.0. The topological polar surface area (TPSA) is 97.1 Å². The zero-order chi connectivity index (χ0) is 15.9. The van der Waals surface area contributed by atoms with Crippen molar-refractivity contribution in [2.24, 2.45) is 0 Å². The van der Waals surface area contributed by atoms with Crippen LogP contribution in [0, 0.1) is 0 Å². The summed E-state index contributed by atoms with van der Waals surface area (Å²) in [5.74, 6) is -0.954. The van der Waals surface area contributed by atoms with Crippen molar-refractivity contribution in [1.82, 2.24) is 4.90 Å². The lowest BCUT2D eigenvalue weighted by Gasteiger charge is -2.36. The van der Waals surface area contributed by atoms with Gasteiger partial charge in [-0.1, -0.05) is 0 Å². The van der Waals surface area contributed by atoms with Gasteiger partial charge in [-0.15, -0.1) is 11.8 Å². The van der Waals surface area contributed by atoms with E-state index in [9.17, 15) is 14.4 Å². The van der Waals surface area contributed by atoms with Crippen LogP contribution >= 0.6 is 11.8 Å². The Morgan fingerprint density at radius 2 is 2.27 bits per heavy atom. The van der Waals surface area contributed by atoms with Gasteiger partial charge >= 0.3 is 11.9 Å².